The molecule has 4 heterocycles. The van der Waals surface area contributed by atoms with E-state index in [4.69, 9.17) is 22.3 Å². The molecule has 1 amide bonds. The number of nitrogens with zero attached hydrogens (tertiary/aromatic N) is 4. The van der Waals surface area contributed by atoms with Gasteiger partial charge >= 0.3 is 5.97 Å². The van der Waals surface area contributed by atoms with Crippen molar-refractivity contribution in [3.63, 3.8) is 0 Å². The van der Waals surface area contributed by atoms with Gasteiger partial charge in [-0.3, -0.25) is 4.79 Å². The van der Waals surface area contributed by atoms with Crippen LogP contribution in [0.3, 0.4) is 0 Å². The number of nitrogens with two attached hydrogens (primary N) is 3. The van der Waals surface area contributed by atoms with Crippen LogP contribution in [0.5, 0.6) is 0 Å². The number of fused-ring (bicyclic) bond motifs is 2. The summed E-state index contributed by atoms with van der Waals surface area (Å²) in [6, 6.07) is 19.7. The minimum Gasteiger partial charge on any atom is -0.478 e. The summed E-state index contributed by atoms with van der Waals surface area (Å²) in [6.45, 7) is 0. The maximum absolute atomic E-state index is 13.5. The number of carbonyl (C=O) groups is 2. The number of carboxylic acids is 1. The summed E-state index contributed by atoms with van der Waals surface area (Å²) in [5.74, 6) is -1.60. The van der Waals surface area contributed by atoms with Crippen molar-refractivity contribution in [1.82, 2.24) is 25.3 Å². The second-order valence-corrected chi connectivity index (χ2v) is 12.4. The highest BCUT2D eigenvalue weighted by molar-refractivity contribution is 6.08. The minimum absolute atomic E-state index is 0.0255. The Bertz CT molecular complexity index is 2240. The van der Waals surface area contributed by atoms with Crippen LogP contribution < -0.4 is 22.5 Å². The Balaban J connectivity index is 0.000000156. The van der Waals surface area contributed by atoms with Gasteiger partial charge in [0.2, 0.25) is 0 Å². The number of carboxylic acid groups (broad SMARTS) is 1. The predicted molar refractivity (Wildman–Crippen MR) is 193 cm³/mol. The van der Waals surface area contributed by atoms with Gasteiger partial charge in [-0.15, -0.1) is 0 Å². The summed E-state index contributed by atoms with van der Waals surface area (Å²) >= 11 is 0. The number of nitrogen functional groups attached to an aromatic ring is 2. The number of hydrogen-bond acceptors (Lipinski definition) is 9. The lowest BCUT2D eigenvalue weighted by atomic mass is 9.93. The minimum atomic E-state index is -1.10. The van der Waals surface area contributed by atoms with Gasteiger partial charge in [0.1, 0.15) is 34.3 Å². The number of halogens is 2. The monoisotopic (exact) mass is 690 g/mol. The SMILES string of the molecule is NC1CCC1.Nc1ncc(C(=O)NC2CCC2)c2ccc(-c3cccc(F)c3)nc12.Nc1ncc(C(=O)O)c2ccc(-c3cccc(F)c3)nc12. The molecule has 6 aromatic rings. The number of hydrogen-bond donors (Lipinski definition) is 5. The Morgan fingerprint density at radius 2 is 1.18 bits per heavy atom. The van der Waals surface area contributed by atoms with Crippen LogP contribution in [0.1, 0.15) is 59.2 Å². The van der Waals surface area contributed by atoms with Crippen molar-refractivity contribution in [2.24, 2.45) is 5.73 Å². The molecule has 2 fully saturated rings. The van der Waals surface area contributed by atoms with Crippen LogP contribution in [0, 0.1) is 11.6 Å². The van der Waals surface area contributed by atoms with Gasteiger partial charge in [0.15, 0.2) is 0 Å². The molecular weight excluding hydrogens is 654 g/mol. The summed E-state index contributed by atoms with van der Waals surface area (Å²) in [5, 5.41) is 13.2. The average molecular weight is 691 g/mol. The molecular formula is C38H36F2N8O3. The van der Waals surface area contributed by atoms with Gasteiger partial charge < -0.3 is 27.6 Å². The van der Waals surface area contributed by atoms with E-state index in [1.807, 2.05) is 0 Å². The molecule has 2 aliphatic rings. The lowest BCUT2D eigenvalue weighted by Gasteiger charge is -2.26. The Labute approximate surface area is 292 Å². The molecule has 8 N–H and O–H groups in total. The summed E-state index contributed by atoms with van der Waals surface area (Å²) in [6.07, 6.45) is 9.73. The lowest BCUT2D eigenvalue weighted by Crippen LogP contribution is -2.39. The second-order valence-electron chi connectivity index (χ2n) is 12.4. The zero-order valence-electron chi connectivity index (χ0n) is 27.5. The molecule has 2 aromatic carbocycles. The van der Waals surface area contributed by atoms with E-state index in [1.165, 1.54) is 55.9 Å². The molecule has 4 aromatic heterocycles. The Kier molecular flexibility index (Phi) is 10.4. The molecule has 0 spiro atoms. The van der Waals surface area contributed by atoms with Crippen LogP contribution in [0.15, 0.2) is 85.2 Å². The van der Waals surface area contributed by atoms with Gasteiger partial charge in [0.05, 0.1) is 22.5 Å². The predicted octanol–water partition coefficient (Wildman–Crippen LogP) is 6.51. The standard InChI is InChI=1S/C19H17FN4O.C15H10FN3O2.C4H9N/c20-12-4-1-3-11(9-12)16-8-7-14-15(10-22-18(21)17(14)24-16)19(25)23-13-5-2-6-13;16-9-3-1-2-8(6-9)12-5-4-10-11(15(20)21)7-18-14(17)13(10)19-12;5-4-2-1-3-4/h1,3-4,7-10,13H,2,5-6H2,(H2,21,22)(H,23,25);1-7H,(H2,17,18)(H,20,21);4H,1-3,5H2. The number of rotatable bonds is 5. The van der Waals surface area contributed by atoms with Crippen LogP contribution >= 0.6 is 0 Å². The molecule has 51 heavy (non-hydrogen) atoms. The summed E-state index contributed by atoms with van der Waals surface area (Å²) in [7, 11) is 0. The largest absolute Gasteiger partial charge is 0.478 e. The maximum atomic E-state index is 13.5. The van der Waals surface area contributed by atoms with E-state index in [1.54, 1.807) is 48.5 Å². The van der Waals surface area contributed by atoms with Gasteiger partial charge in [-0.1, -0.05) is 30.7 Å². The molecule has 2 aliphatic carbocycles. The summed E-state index contributed by atoms with van der Waals surface area (Å²) < 4.78 is 26.7. The zero-order chi connectivity index (χ0) is 36.1. The molecule has 0 atom stereocenters. The van der Waals surface area contributed by atoms with Crippen molar-refractivity contribution in [2.45, 2.75) is 50.6 Å². The number of anilines is 2. The first-order valence-electron chi connectivity index (χ1n) is 16.5. The van der Waals surface area contributed by atoms with Gasteiger partial charge in [-0.25, -0.2) is 33.5 Å². The van der Waals surface area contributed by atoms with E-state index < -0.39 is 5.97 Å². The number of benzene rings is 2. The molecule has 13 heteroatoms. The zero-order valence-corrected chi connectivity index (χ0v) is 27.5. The smallest absolute Gasteiger partial charge is 0.337 e. The van der Waals surface area contributed by atoms with Crippen LogP contribution in [0.2, 0.25) is 0 Å². The third-order valence-electron chi connectivity index (χ3n) is 8.83. The molecule has 0 bridgehead atoms. The maximum Gasteiger partial charge on any atom is 0.337 e. The Hall–Kier alpha value is -6.08. The van der Waals surface area contributed by atoms with Crippen LogP contribution in [0.25, 0.3) is 44.3 Å². The van der Waals surface area contributed by atoms with Crippen LogP contribution in [-0.2, 0) is 0 Å². The Morgan fingerprint density at radius 3 is 1.59 bits per heavy atom. The topological polar surface area (TPSA) is 196 Å². The molecule has 260 valence electrons. The third-order valence-corrected chi connectivity index (χ3v) is 8.83. The molecule has 11 nitrogen and oxygen atoms in total. The molecule has 0 radical (unpaired) electrons. The molecule has 2 saturated carbocycles. The first-order valence-corrected chi connectivity index (χ1v) is 16.5. The molecule has 0 saturated heterocycles. The van der Waals surface area contributed by atoms with Crippen molar-refractivity contribution < 1.29 is 23.5 Å². The number of nitrogens with one attached hydrogen (secondary N) is 1. The lowest BCUT2D eigenvalue weighted by molar-refractivity contribution is 0.0698. The van der Waals surface area contributed by atoms with Crippen molar-refractivity contribution in [1.29, 1.82) is 0 Å². The highest BCUT2D eigenvalue weighted by Crippen LogP contribution is 2.28. The van der Waals surface area contributed by atoms with Gasteiger partial charge in [0.25, 0.3) is 5.91 Å². The van der Waals surface area contributed by atoms with E-state index in [0.717, 1.165) is 19.3 Å². The highest BCUT2D eigenvalue weighted by Gasteiger charge is 2.22. The van der Waals surface area contributed by atoms with Crippen LogP contribution in [-0.4, -0.2) is 49.0 Å². The van der Waals surface area contributed by atoms with Crippen molar-refractivity contribution >= 4 is 45.3 Å². The van der Waals surface area contributed by atoms with E-state index in [-0.39, 0.29) is 46.3 Å². The first-order chi connectivity index (χ1) is 24.6. The summed E-state index contributed by atoms with van der Waals surface area (Å²) in [4.78, 5) is 40.4. The number of pyridine rings is 4. The van der Waals surface area contributed by atoms with E-state index in [9.17, 15) is 18.4 Å². The van der Waals surface area contributed by atoms with Gasteiger partial charge in [-0.2, -0.15) is 0 Å². The van der Waals surface area contributed by atoms with Crippen molar-refractivity contribution in [3.05, 3.63) is 108 Å². The molecule has 8 rings (SSSR count). The van der Waals surface area contributed by atoms with Crippen molar-refractivity contribution in [2.75, 3.05) is 11.5 Å². The number of amides is 1. The second kappa shape index (κ2) is 15.2. The number of aromatic carboxylic acids is 1. The van der Waals surface area contributed by atoms with E-state index in [2.05, 4.69) is 25.3 Å². The molecule has 0 aliphatic heterocycles. The van der Waals surface area contributed by atoms with Crippen molar-refractivity contribution in [3.8, 4) is 22.5 Å². The number of aromatic nitrogens is 4. The summed E-state index contributed by atoms with van der Waals surface area (Å²) in [5.41, 5.74) is 20.6. The van der Waals surface area contributed by atoms with Gasteiger partial charge in [-0.05, 0) is 80.6 Å². The van der Waals surface area contributed by atoms with Gasteiger partial charge in [0, 0.05) is 46.4 Å². The van der Waals surface area contributed by atoms with E-state index >= 15 is 0 Å². The molecule has 0 unspecified atom stereocenters. The Morgan fingerprint density at radius 1 is 0.706 bits per heavy atom. The fourth-order valence-corrected chi connectivity index (χ4v) is 5.50. The average Bonchev–Trinajstić information content (AvgIpc) is 3.09. The first kappa shape index (κ1) is 34.8. The fourth-order valence-electron chi connectivity index (χ4n) is 5.50. The third kappa shape index (κ3) is 8.05. The fraction of sp³-hybridized carbons (Fsp3) is 0.211. The van der Waals surface area contributed by atoms with E-state index in [0.29, 0.717) is 50.4 Å². The number of carbonyl (C=O) groups excluding carboxylic acids is 1. The highest BCUT2D eigenvalue weighted by atomic mass is 19.1. The van der Waals surface area contributed by atoms with Crippen LogP contribution in [0.4, 0.5) is 20.4 Å². The normalized spacial score (nSPS) is 13.9. The quantitative estimate of drug-likeness (QED) is 0.133.